The van der Waals surface area contributed by atoms with Crippen LogP contribution in [0.15, 0.2) is 23.0 Å². The van der Waals surface area contributed by atoms with Gasteiger partial charge in [0.05, 0.1) is 11.9 Å². The molecule has 0 spiro atoms. The number of hydrogen-bond acceptors (Lipinski definition) is 5. The molecular weight excluding hydrogens is 310 g/mol. The molecule has 2 aromatic heterocycles. The van der Waals surface area contributed by atoms with Crippen molar-refractivity contribution in [2.45, 2.75) is 44.2 Å². The Bertz CT molecular complexity index is 791. The summed E-state index contributed by atoms with van der Waals surface area (Å²) in [6.45, 7) is 1.96. The van der Waals surface area contributed by atoms with E-state index < -0.39 is 6.04 Å². The molecule has 0 unspecified atom stereocenters. The van der Waals surface area contributed by atoms with Gasteiger partial charge < -0.3 is 14.7 Å². The summed E-state index contributed by atoms with van der Waals surface area (Å²) in [5.41, 5.74) is 0.974. The molecular formula is C16H19N5O3. The third-order valence-electron chi connectivity index (χ3n) is 4.57. The molecule has 2 aromatic rings. The summed E-state index contributed by atoms with van der Waals surface area (Å²) in [6.07, 6.45) is 6.15. The molecule has 3 heterocycles. The maximum Gasteiger partial charge on any atom is 0.274 e. The van der Waals surface area contributed by atoms with Crippen LogP contribution in [0.5, 0.6) is 0 Å². The number of carbonyl (C=O) groups excluding carboxylic acids is 2. The molecule has 8 heteroatoms. The lowest BCUT2D eigenvalue weighted by atomic mass is 10.2. The lowest BCUT2D eigenvalue weighted by Gasteiger charge is -2.19. The van der Waals surface area contributed by atoms with Crippen molar-refractivity contribution >= 4 is 17.5 Å². The molecule has 2 amide bonds. The van der Waals surface area contributed by atoms with Crippen LogP contribution in [-0.2, 0) is 11.8 Å². The number of aromatic nitrogens is 3. The van der Waals surface area contributed by atoms with Gasteiger partial charge in [-0.2, -0.15) is 5.10 Å². The first-order valence-electron chi connectivity index (χ1n) is 8.12. The zero-order valence-corrected chi connectivity index (χ0v) is 13.6. The fraction of sp³-hybridized carbons (Fsp3) is 0.500. The van der Waals surface area contributed by atoms with Crippen molar-refractivity contribution in [3.8, 4) is 0 Å². The molecule has 126 valence electrons. The molecule has 4 rings (SSSR count). The summed E-state index contributed by atoms with van der Waals surface area (Å²) in [6, 6.07) is 1.11. The molecule has 1 N–H and O–H groups in total. The Morgan fingerprint density at radius 2 is 2.21 bits per heavy atom. The Morgan fingerprint density at radius 3 is 2.88 bits per heavy atom. The number of anilines is 1. The van der Waals surface area contributed by atoms with Gasteiger partial charge in [0.25, 0.3) is 5.91 Å². The van der Waals surface area contributed by atoms with Crippen LogP contribution >= 0.6 is 0 Å². The number of nitrogens with zero attached hydrogens (tertiary/aromatic N) is 4. The molecule has 2 atom stereocenters. The molecule has 2 aliphatic rings. The molecule has 0 bridgehead atoms. The second-order valence-corrected chi connectivity index (χ2v) is 6.58. The quantitative estimate of drug-likeness (QED) is 0.910. The molecule has 1 aliphatic heterocycles. The number of carbonyl (C=O) groups is 2. The topological polar surface area (TPSA) is 93.3 Å². The Morgan fingerprint density at radius 1 is 1.42 bits per heavy atom. The third kappa shape index (κ3) is 2.57. The highest BCUT2D eigenvalue weighted by molar-refractivity contribution is 6.03. The lowest BCUT2D eigenvalue weighted by molar-refractivity contribution is -0.118. The second kappa shape index (κ2) is 5.47. The molecule has 1 saturated heterocycles. The van der Waals surface area contributed by atoms with Gasteiger partial charge in [-0.15, -0.1) is 0 Å². The van der Waals surface area contributed by atoms with E-state index in [4.69, 9.17) is 4.52 Å². The van der Waals surface area contributed by atoms with E-state index in [0.717, 1.165) is 24.3 Å². The first-order chi connectivity index (χ1) is 11.5. The predicted octanol–water partition coefficient (Wildman–Crippen LogP) is 1.21. The molecule has 0 aromatic carbocycles. The van der Waals surface area contributed by atoms with E-state index in [1.54, 1.807) is 35.1 Å². The van der Waals surface area contributed by atoms with Gasteiger partial charge in [0.1, 0.15) is 11.8 Å². The number of rotatable bonds is 4. The van der Waals surface area contributed by atoms with Gasteiger partial charge in [-0.1, -0.05) is 5.16 Å². The Balaban J connectivity index is 1.46. The molecule has 1 saturated carbocycles. The fourth-order valence-electron chi connectivity index (χ4n) is 3.16. The van der Waals surface area contributed by atoms with Gasteiger partial charge in [-0.05, 0) is 26.2 Å². The summed E-state index contributed by atoms with van der Waals surface area (Å²) in [5.74, 6) is 0.649. The molecule has 8 nitrogen and oxygen atoms in total. The van der Waals surface area contributed by atoms with Gasteiger partial charge in [0, 0.05) is 31.3 Å². The van der Waals surface area contributed by atoms with Crippen LogP contribution in [-0.4, -0.2) is 38.8 Å². The van der Waals surface area contributed by atoms with Crippen molar-refractivity contribution in [2.24, 2.45) is 7.05 Å². The van der Waals surface area contributed by atoms with Crippen molar-refractivity contribution in [3.05, 3.63) is 29.9 Å². The average molecular weight is 329 g/mol. The van der Waals surface area contributed by atoms with Crippen LogP contribution in [0, 0.1) is 0 Å². The van der Waals surface area contributed by atoms with Crippen LogP contribution in [0.25, 0.3) is 0 Å². The van der Waals surface area contributed by atoms with Gasteiger partial charge in [0.2, 0.25) is 5.91 Å². The Labute approximate surface area is 138 Å². The molecule has 24 heavy (non-hydrogen) atoms. The fourth-order valence-corrected chi connectivity index (χ4v) is 3.16. The van der Waals surface area contributed by atoms with Crippen molar-refractivity contribution in [2.75, 3.05) is 4.90 Å². The van der Waals surface area contributed by atoms with Gasteiger partial charge in [-0.3, -0.25) is 14.3 Å². The summed E-state index contributed by atoms with van der Waals surface area (Å²) >= 11 is 0. The van der Waals surface area contributed by atoms with Crippen LogP contribution < -0.4 is 10.2 Å². The van der Waals surface area contributed by atoms with E-state index in [2.05, 4.69) is 15.6 Å². The second-order valence-electron chi connectivity index (χ2n) is 6.58. The van der Waals surface area contributed by atoms with Crippen molar-refractivity contribution < 1.29 is 14.1 Å². The van der Waals surface area contributed by atoms with E-state index in [1.807, 2.05) is 6.92 Å². The summed E-state index contributed by atoms with van der Waals surface area (Å²) < 4.78 is 6.85. The first-order valence-corrected chi connectivity index (χ1v) is 8.12. The average Bonchev–Trinajstić information content (AvgIpc) is 2.99. The maximum absolute atomic E-state index is 12.6. The first kappa shape index (κ1) is 14.9. The SMILES string of the molecule is C[C@H]1C[C@@H](NC(=O)c2cc(C3CC3)on2)C(=O)N1c1cnn(C)c1. The Kier molecular flexibility index (Phi) is 3.40. The highest BCUT2D eigenvalue weighted by Gasteiger charge is 2.40. The van der Waals surface area contributed by atoms with Crippen molar-refractivity contribution in [1.82, 2.24) is 20.3 Å². The van der Waals surface area contributed by atoms with Gasteiger partial charge >= 0.3 is 0 Å². The summed E-state index contributed by atoms with van der Waals surface area (Å²) in [4.78, 5) is 26.7. The van der Waals surface area contributed by atoms with Crippen molar-refractivity contribution in [3.63, 3.8) is 0 Å². The largest absolute Gasteiger partial charge is 0.360 e. The highest BCUT2D eigenvalue weighted by Crippen LogP contribution is 2.40. The summed E-state index contributed by atoms with van der Waals surface area (Å²) in [5, 5.41) is 10.7. The van der Waals surface area contributed by atoms with E-state index in [0.29, 0.717) is 12.3 Å². The molecule has 0 radical (unpaired) electrons. The minimum Gasteiger partial charge on any atom is -0.360 e. The van der Waals surface area contributed by atoms with Crippen LogP contribution in [0.3, 0.4) is 0 Å². The Hall–Kier alpha value is -2.64. The number of hydrogen-bond donors (Lipinski definition) is 1. The normalized spacial score (nSPS) is 23.8. The minimum absolute atomic E-state index is 0.00802. The van der Waals surface area contributed by atoms with E-state index in [9.17, 15) is 9.59 Å². The van der Waals surface area contributed by atoms with Crippen LogP contribution in [0.1, 0.15) is 48.4 Å². The van der Waals surface area contributed by atoms with Gasteiger partial charge in [0.15, 0.2) is 5.69 Å². The van der Waals surface area contributed by atoms with Crippen LogP contribution in [0.4, 0.5) is 5.69 Å². The smallest absolute Gasteiger partial charge is 0.274 e. The standard InChI is InChI=1S/C16H19N5O3/c1-9-5-13(16(23)21(9)11-7-17-20(2)8-11)18-15(22)12-6-14(24-19-12)10-3-4-10/h6-10,13H,3-5H2,1-2H3,(H,18,22)/t9-,13+/m0/s1. The van der Waals surface area contributed by atoms with Crippen molar-refractivity contribution in [1.29, 1.82) is 0 Å². The number of amides is 2. The number of nitrogens with one attached hydrogen (secondary N) is 1. The van der Waals surface area contributed by atoms with Gasteiger partial charge in [-0.25, -0.2) is 0 Å². The molecule has 1 aliphatic carbocycles. The lowest BCUT2D eigenvalue weighted by Crippen LogP contribution is -2.42. The third-order valence-corrected chi connectivity index (χ3v) is 4.57. The van der Waals surface area contributed by atoms with E-state index in [1.165, 1.54) is 0 Å². The zero-order chi connectivity index (χ0) is 16.8. The minimum atomic E-state index is -0.561. The molecule has 2 fully saturated rings. The highest BCUT2D eigenvalue weighted by atomic mass is 16.5. The van der Waals surface area contributed by atoms with Crippen LogP contribution in [0.2, 0.25) is 0 Å². The summed E-state index contributed by atoms with van der Waals surface area (Å²) in [7, 11) is 1.80. The monoisotopic (exact) mass is 329 g/mol. The zero-order valence-electron chi connectivity index (χ0n) is 13.6. The maximum atomic E-state index is 12.6. The van der Waals surface area contributed by atoms with E-state index in [-0.39, 0.29) is 23.6 Å². The van der Waals surface area contributed by atoms with E-state index >= 15 is 0 Å². The number of aryl methyl sites for hydroxylation is 1. The predicted molar refractivity (Wildman–Crippen MR) is 84.5 cm³/mol.